The fourth-order valence-corrected chi connectivity index (χ4v) is 8.13. The van der Waals surface area contributed by atoms with E-state index in [1.807, 2.05) is 31.2 Å². The number of ether oxygens (including phenoxy) is 3. The van der Waals surface area contributed by atoms with Crippen LogP contribution in [0.3, 0.4) is 0 Å². The molecular formula is C46H57N13O10S. The average molecular weight is 984 g/mol. The number of aryl methyl sites for hydroxylation is 2. The Morgan fingerprint density at radius 2 is 1.66 bits per heavy atom. The third-order valence-electron chi connectivity index (χ3n) is 10.8. The first-order chi connectivity index (χ1) is 33.4. The summed E-state index contributed by atoms with van der Waals surface area (Å²) in [5.41, 5.74) is 4.97. The Balaban J connectivity index is 0.918. The summed E-state index contributed by atoms with van der Waals surface area (Å²) in [5, 5.41) is 39.0. The molecule has 0 saturated carbocycles. The van der Waals surface area contributed by atoms with Crippen LogP contribution in [0.5, 0.6) is 5.75 Å². The van der Waals surface area contributed by atoms with E-state index >= 15 is 0 Å². The number of rotatable bonds is 21. The van der Waals surface area contributed by atoms with Gasteiger partial charge in [0.2, 0.25) is 29.5 Å². The first-order valence-corrected chi connectivity index (χ1v) is 23.0. The molecular weight excluding hydrogens is 927 g/mol. The van der Waals surface area contributed by atoms with E-state index in [1.54, 1.807) is 73.9 Å². The molecule has 6 rings (SSSR count). The van der Waals surface area contributed by atoms with Gasteiger partial charge in [-0.25, -0.2) is 9.97 Å². The van der Waals surface area contributed by atoms with Crippen molar-refractivity contribution < 1.29 is 48.1 Å². The highest BCUT2D eigenvalue weighted by Crippen LogP contribution is 2.37. The van der Waals surface area contributed by atoms with Gasteiger partial charge < -0.3 is 56.1 Å². The molecule has 4 heterocycles. The SMILES string of the molecule is CNC(=O)c1nnc(NC(=O)CNC(=O)COCCOCC(=O)N[C@H](C(=O)N2C[C@H](O)C[C@H]2C(=O)NCc2ccc(-c3scnc3C)cc2)C(C)(C)C)cc1Nc1cccc(-c2ncn(C)n2)c1OC. The Hall–Kier alpha value is -7.41. The van der Waals surface area contributed by atoms with Gasteiger partial charge in [0.1, 0.15) is 31.6 Å². The van der Waals surface area contributed by atoms with Crippen molar-refractivity contribution in [3.05, 3.63) is 77.3 Å². The van der Waals surface area contributed by atoms with Gasteiger partial charge in [-0.05, 0) is 35.6 Å². The second-order valence-corrected chi connectivity index (χ2v) is 18.1. The van der Waals surface area contributed by atoms with Gasteiger partial charge in [-0.1, -0.05) is 51.1 Å². The van der Waals surface area contributed by atoms with Crippen molar-refractivity contribution in [1.29, 1.82) is 0 Å². The lowest BCUT2D eigenvalue weighted by atomic mass is 9.85. The van der Waals surface area contributed by atoms with Crippen LogP contribution in [-0.2, 0) is 47.0 Å². The van der Waals surface area contributed by atoms with Crippen LogP contribution in [0.1, 0.15) is 48.9 Å². The number of likely N-dealkylation sites (tertiary alicyclic amines) is 1. The zero-order chi connectivity index (χ0) is 50.5. The van der Waals surface area contributed by atoms with Crippen LogP contribution in [0.2, 0.25) is 0 Å². The maximum absolute atomic E-state index is 14.0. The van der Waals surface area contributed by atoms with E-state index in [9.17, 15) is 33.9 Å². The van der Waals surface area contributed by atoms with E-state index in [4.69, 9.17) is 14.2 Å². The molecule has 372 valence electrons. The van der Waals surface area contributed by atoms with Crippen LogP contribution in [0, 0.1) is 12.3 Å². The minimum atomic E-state index is -1.06. The smallest absolute Gasteiger partial charge is 0.273 e. The summed E-state index contributed by atoms with van der Waals surface area (Å²) in [5.74, 6) is -2.58. The zero-order valence-corrected chi connectivity index (χ0v) is 40.6. The molecule has 1 fully saturated rings. The van der Waals surface area contributed by atoms with Crippen LogP contribution in [0.4, 0.5) is 17.2 Å². The normalized spacial score (nSPS) is 14.9. The molecule has 0 bridgehead atoms. The van der Waals surface area contributed by atoms with E-state index in [-0.39, 0.29) is 49.9 Å². The summed E-state index contributed by atoms with van der Waals surface area (Å²) in [6, 6.07) is 12.4. The van der Waals surface area contributed by atoms with Gasteiger partial charge >= 0.3 is 0 Å². The van der Waals surface area contributed by atoms with Crippen molar-refractivity contribution in [2.75, 3.05) is 64.3 Å². The lowest BCUT2D eigenvalue weighted by molar-refractivity contribution is -0.144. The number of aliphatic hydroxyl groups is 1. The number of hydrogen-bond acceptors (Lipinski definition) is 17. The van der Waals surface area contributed by atoms with E-state index in [2.05, 4.69) is 57.2 Å². The summed E-state index contributed by atoms with van der Waals surface area (Å²) in [6.45, 7) is 5.93. The van der Waals surface area contributed by atoms with Crippen molar-refractivity contribution in [2.45, 2.75) is 58.8 Å². The number of aliphatic hydroxyl groups excluding tert-OH is 1. The number of carbonyl (C=O) groups excluding carboxylic acids is 6. The molecule has 1 aliphatic rings. The van der Waals surface area contributed by atoms with Crippen LogP contribution in [0.15, 0.2) is 60.4 Å². The number of aromatic nitrogens is 6. The number of β-amino-alcohol motifs (C(OH)–C–C–N with tert-alkyl or cyclic N) is 1. The van der Waals surface area contributed by atoms with E-state index in [1.165, 1.54) is 25.1 Å². The number of hydrogen-bond donors (Lipinski definition) is 7. The summed E-state index contributed by atoms with van der Waals surface area (Å²) >= 11 is 1.55. The molecule has 0 radical (unpaired) electrons. The number of nitrogens with one attached hydrogen (secondary N) is 6. The van der Waals surface area contributed by atoms with E-state index < -0.39 is 78.8 Å². The Bertz CT molecular complexity index is 2670. The van der Waals surface area contributed by atoms with Crippen molar-refractivity contribution in [3.63, 3.8) is 0 Å². The van der Waals surface area contributed by atoms with Gasteiger partial charge in [0.25, 0.3) is 5.91 Å². The maximum atomic E-state index is 14.0. The fourth-order valence-electron chi connectivity index (χ4n) is 7.32. The minimum Gasteiger partial charge on any atom is -0.494 e. The van der Waals surface area contributed by atoms with Crippen LogP contribution < -0.4 is 36.6 Å². The Morgan fingerprint density at radius 1 is 0.929 bits per heavy atom. The minimum absolute atomic E-state index is 0.0231. The summed E-state index contributed by atoms with van der Waals surface area (Å²) in [4.78, 5) is 89.3. The Kier molecular flexibility index (Phi) is 17.6. The molecule has 2 aromatic carbocycles. The molecule has 1 saturated heterocycles. The van der Waals surface area contributed by atoms with Crippen molar-refractivity contribution in [2.24, 2.45) is 12.5 Å². The molecule has 23 nitrogen and oxygen atoms in total. The Labute approximate surface area is 407 Å². The topological polar surface area (TPSA) is 295 Å². The average Bonchev–Trinajstić information content (AvgIpc) is 4.09. The molecule has 5 aromatic rings. The largest absolute Gasteiger partial charge is 0.494 e. The van der Waals surface area contributed by atoms with Gasteiger partial charge in [0.15, 0.2) is 23.1 Å². The first-order valence-electron chi connectivity index (χ1n) is 22.1. The van der Waals surface area contributed by atoms with Crippen LogP contribution in [0.25, 0.3) is 21.8 Å². The van der Waals surface area contributed by atoms with Crippen molar-refractivity contribution in [1.82, 2.24) is 56.1 Å². The summed E-state index contributed by atoms with van der Waals surface area (Å²) in [6.07, 6.45) is 0.668. The van der Waals surface area contributed by atoms with Crippen molar-refractivity contribution in [3.8, 4) is 27.6 Å². The lowest BCUT2D eigenvalue weighted by Gasteiger charge is -2.35. The highest BCUT2D eigenvalue weighted by Gasteiger charge is 2.44. The number of amides is 6. The second kappa shape index (κ2) is 23.7. The number of benzene rings is 2. The van der Waals surface area contributed by atoms with Gasteiger partial charge in [-0.3, -0.25) is 33.4 Å². The zero-order valence-electron chi connectivity index (χ0n) is 39.8. The highest BCUT2D eigenvalue weighted by molar-refractivity contribution is 7.13. The molecule has 3 aromatic heterocycles. The quantitative estimate of drug-likeness (QED) is 0.0515. The monoisotopic (exact) mass is 983 g/mol. The first kappa shape index (κ1) is 52.0. The fraction of sp³-hybridized carbons (Fsp3) is 0.413. The van der Waals surface area contributed by atoms with E-state index in [0.29, 0.717) is 22.8 Å². The third kappa shape index (κ3) is 13.6. The number of nitrogens with zero attached hydrogens (tertiary/aromatic N) is 7. The maximum Gasteiger partial charge on any atom is 0.273 e. The summed E-state index contributed by atoms with van der Waals surface area (Å²) < 4.78 is 18.0. The highest BCUT2D eigenvalue weighted by atomic mass is 32.1. The number of anilines is 3. The van der Waals surface area contributed by atoms with Gasteiger partial charge in [0, 0.05) is 39.7 Å². The standard InChI is InChI=1S/C46H57N13O10S/c1-26-40(70-25-51-26)28-13-11-27(12-14-28)19-49-43(64)33-17-29(60)21-59(33)45(66)41(46(2,3)4)54-37(63)23-69-16-15-68-22-36(62)48-20-35(61)53-34-18-32(38(56-55-34)44(65)47-5)52-31-10-8-9-30(39(31)67-7)42-50-24-58(6)57-42/h8-14,18,24-25,29,33,41,60H,15-17,19-23H2,1-7H3,(H,47,65)(H,48,62)(H,49,64)(H,54,63)(H2,52,53,55,61)/t29-,33+,41-/m1/s1. The molecule has 7 N–H and O–H groups in total. The number of methoxy groups -OCH3 is 1. The number of para-hydroxylation sites is 1. The molecule has 0 aliphatic carbocycles. The number of thiazole rings is 1. The third-order valence-corrected chi connectivity index (χ3v) is 11.8. The van der Waals surface area contributed by atoms with Gasteiger partial charge in [0.05, 0.1) is 66.0 Å². The van der Waals surface area contributed by atoms with Gasteiger partial charge in [-0.2, -0.15) is 5.10 Å². The van der Waals surface area contributed by atoms with Crippen LogP contribution in [-0.4, -0.2) is 147 Å². The Morgan fingerprint density at radius 3 is 2.30 bits per heavy atom. The molecule has 0 unspecified atom stereocenters. The molecule has 1 aliphatic heterocycles. The molecule has 24 heteroatoms. The molecule has 70 heavy (non-hydrogen) atoms. The second-order valence-electron chi connectivity index (χ2n) is 17.2. The van der Waals surface area contributed by atoms with E-state index in [0.717, 1.165) is 21.7 Å². The number of carbonyl (C=O) groups is 6. The molecule has 3 atom stereocenters. The molecule has 0 spiro atoms. The lowest BCUT2D eigenvalue weighted by Crippen LogP contribution is -2.58. The predicted molar refractivity (Wildman–Crippen MR) is 257 cm³/mol. The van der Waals surface area contributed by atoms with Crippen molar-refractivity contribution >= 4 is 64.0 Å². The summed E-state index contributed by atoms with van der Waals surface area (Å²) in [7, 11) is 4.64. The van der Waals surface area contributed by atoms with Crippen LogP contribution >= 0.6 is 11.3 Å². The predicted octanol–water partition coefficient (Wildman–Crippen LogP) is 1.71. The molecule has 6 amide bonds. The van der Waals surface area contributed by atoms with Gasteiger partial charge in [-0.15, -0.1) is 21.5 Å².